The van der Waals surface area contributed by atoms with Gasteiger partial charge < -0.3 is 0 Å². The van der Waals surface area contributed by atoms with Gasteiger partial charge in [-0.15, -0.1) is 0 Å². The molecule has 2 aromatic rings. The molecule has 0 aromatic heterocycles. The fourth-order valence-corrected chi connectivity index (χ4v) is 4.44. The molecule has 0 spiro atoms. The summed E-state index contributed by atoms with van der Waals surface area (Å²) < 4.78 is 26.7. The Morgan fingerprint density at radius 2 is 1.86 bits per heavy atom. The van der Waals surface area contributed by atoms with Crippen molar-refractivity contribution in [2.45, 2.75) is 26.3 Å². The molecule has 1 heterocycles. The lowest BCUT2D eigenvalue weighted by molar-refractivity contribution is 0.344. The lowest BCUT2D eigenvalue weighted by Gasteiger charge is -2.36. The van der Waals surface area contributed by atoms with Crippen LogP contribution >= 0.6 is 0 Å². The third-order valence-corrected chi connectivity index (χ3v) is 6.16. The van der Waals surface area contributed by atoms with Gasteiger partial charge in [0, 0.05) is 6.54 Å². The molecule has 0 bridgehead atoms. The smallest absolute Gasteiger partial charge is 0.212 e. The number of nitrogens with zero attached hydrogens (tertiary/aromatic N) is 1. The van der Waals surface area contributed by atoms with E-state index in [4.69, 9.17) is 0 Å². The van der Waals surface area contributed by atoms with Crippen LogP contribution in [0.4, 0.5) is 0 Å². The number of hydrogen-bond acceptors (Lipinski definition) is 2. The van der Waals surface area contributed by atoms with E-state index in [9.17, 15) is 8.42 Å². The molecule has 1 atom stereocenters. The summed E-state index contributed by atoms with van der Waals surface area (Å²) in [6.45, 7) is 4.33. The van der Waals surface area contributed by atoms with Crippen molar-refractivity contribution in [2.75, 3.05) is 12.3 Å². The minimum Gasteiger partial charge on any atom is -0.212 e. The van der Waals surface area contributed by atoms with Crippen molar-refractivity contribution >= 4 is 10.0 Å². The normalized spacial score (nSPS) is 18.9. The zero-order valence-electron chi connectivity index (χ0n) is 13.0. The highest BCUT2D eigenvalue weighted by Gasteiger charge is 2.35. The van der Waals surface area contributed by atoms with Crippen LogP contribution in [-0.4, -0.2) is 25.0 Å². The molecule has 1 aliphatic heterocycles. The van der Waals surface area contributed by atoms with Crippen LogP contribution < -0.4 is 0 Å². The molecule has 3 rings (SSSR count). The first-order valence-corrected chi connectivity index (χ1v) is 9.27. The van der Waals surface area contributed by atoms with Gasteiger partial charge in [-0.2, -0.15) is 4.31 Å². The monoisotopic (exact) mass is 315 g/mol. The summed E-state index contributed by atoms with van der Waals surface area (Å²) in [6.07, 6.45) is 0.777. The molecule has 0 saturated carbocycles. The van der Waals surface area contributed by atoms with Gasteiger partial charge in [0.05, 0.1) is 11.8 Å². The maximum Gasteiger partial charge on any atom is 0.214 e. The van der Waals surface area contributed by atoms with Crippen LogP contribution in [0.25, 0.3) is 0 Å². The minimum atomic E-state index is -3.24. The standard InChI is InChI=1S/C18H21NO2S/c1-3-22(20,21)19-12-11-16-13-14(2)9-10-17(16)18(19)15-7-5-4-6-8-15/h4-10,13,18H,3,11-12H2,1-2H3. The highest BCUT2D eigenvalue weighted by atomic mass is 32.2. The van der Waals surface area contributed by atoms with Crippen molar-refractivity contribution in [3.8, 4) is 0 Å². The molecule has 3 nitrogen and oxygen atoms in total. The van der Waals surface area contributed by atoms with E-state index in [0.29, 0.717) is 6.54 Å². The summed E-state index contributed by atoms with van der Waals surface area (Å²) in [5, 5.41) is 0. The van der Waals surface area contributed by atoms with Gasteiger partial charge >= 0.3 is 0 Å². The highest BCUT2D eigenvalue weighted by molar-refractivity contribution is 7.89. The molecule has 4 heteroatoms. The van der Waals surface area contributed by atoms with Crippen LogP contribution in [0.15, 0.2) is 48.5 Å². The largest absolute Gasteiger partial charge is 0.214 e. The van der Waals surface area contributed by atoms with Gasteiger partial charge in [0.1, 0.15) is 0 Å². The van der Waals surface area contributed by atoms with E-state index in [0.717, 1.165) is 17.5 Å². The van der Waals surface area contributed by atoms with Gasteiger partial charge in [-0.3, -0.25) is 0 Å². The predicted molar refractivity (Wildman–Crippen MR) is 89.3 cm³/mol. The minimum absolute atomic E-state index is 0.136. The second-order valence-electron chi connectivity index (χ2n) is 5.78. The quantitative estimate of drug-likeness (QED) is 0.871. The molecule has 0 saturated heterocycles. The van der Waals surface area contributed by atoms with Crippen LogP contribution in [0.5, 0.6) is 0 Å². The third-order valence-electron chi connectivity index (χ3n) is 4.32. The Balaban J connectivity index is 2.17. The Morgan fingerprint density at radius 3 is 2.55 bits per heavy atom. The molecule has 0 fully saturated rings. The molecule has 0 aliphatic carbocycles. The Kier molecular flexibility index (Phi) is 4.06. The molecule has 1 aliphatic rings. The Hall–Kier alpha value is -1.65. The summed E-state index contributed by atoms with van der Waals surface area (Å²) in [7, 11) is -3.24. The van der Waals surface area contributed by atoms with E-state index in [2.05, 4.69) is 25.1 Å². The van der Waals surface area contributed by atoms with Crippen molar-refractivity contribution < 1.29 is 8.42 Å². The van der Waals surface area contributed by atoms with Crippen molar-refractivity contribution in [3.63, 3.8) is 0 Å². The SMILES string of the molecule is CCS(=O)(=O)N1CCc2cc(C)ccc2C1c1ccccc1. The van der Waals surface area contributed by atoms with Crippen LogP contribution in [0.2, 0.25) is 0 Å². The van der Waals surface area contributed by atoms with E-state index >= 15 is 0 Å². The zero-order chi connectivity index (χ0) is 15.7. The number of sulfonamides is 1. The van der Waals surface area contributed by atoms with Crippen LogP contribution in [0.3, 0.4) is 0 Å². The highest BCUT2D eigenvalue weighted by Crippen LogP contribution is 2.37. The van der Waals surface area contributed by atoms with Crippen molar-refractivity contribution in [3.05, 3.63) is 70.8 Å². The van der Waals surface area contributed by atoms with E-state index < -0.39 is 10.0 Å². The van der Waals surface area contributed by atoms with Gasteiger partial charge in [-0.05, 0) is 37.0 Å². The first-order chi connectivity index (χ1) is 10.5. The topological polar surface area (TPSA) is 37.4 Å². The van der Waals surface area contributed by atoms with E-state index in [1.807, 2.05) is 30.3 Å². The number of rotatable bonds is 3. The fourth-order valence-electron chi connectivity index (χ4n) is 3.18. The molecule has 1 unspecified atom stereocenters. The van der Waals surface area contributed by atoms with E-state index in [1.54, 1.807) is 11.2 Å². The molecular weight excluding hydrogens is 294 g/mol. The molecule has 2 aromatic carbocycles. The maximum absolute atomic E-state index is 12.5. The molecular formula is C18H21NO2S. The number of benzene rings is 2. The molecule has 0 N–H and O–H groups in total. The van der Waals surface area contributed by atoms with Gasteiger partial charge in [0.2, 0.25) is 10.0 Å². The molecule has 116 valence electrons. The molecule has 0 radical (unpaired) electrons. The third kappa shape index (κ3) is 2.69. The fraction of sp³-hybridized carbons (Fsp3) is 0.333. The van der Waals surface area contributed by atoms with Crippen LogP contribution in [-0.2, 0) is 16.4 Å². The van der Waals surface area contributed by atoms with Crippen molar-refractivity contribution in [2.24, 2.45) is 0 Å². The Bertz CT molecular complexity index is 769. The lowest BCUT2D eigenvalue weighted by atomic mass is 9.89. The summed E-state index contributed by atoms with van der Waals surface area (Å²) in [5.74, 6) is 0.136. The summed E-state index contributed by atoms with van der Waals surface area (Å²) >= 11 is 0. The lowest BCUT2D eigenvalue weighted by Crippen LogP contribution is -2.41. The molecule has 0 amide bonds. The second-order valence-corrected chi connectivity index (χ2v) is 7.99. The summed E-state index contributed by atoms with van der Waals surface area (Å²) in [5.41, 5.74) is 4.62. The van der Waals surface area contributed by atoms with E-state index in [1.165, 1.54) is 11.1 Å². The first kappa shape index (κ1) is 15.3. The number of hydrogen-bond donors (Lipinski definition) is 0. The van der Waals surface area contributed by atoms with E-state index in [-0.39, 0.29) is 11.8 Å². The summed E-state index contributed by atoms with van der Waals surface area (Å²) in [6, 6.07) is 16.0. The Labute approximate surface area is 132 Å². The number of fused-ring (bicyclic) bond motifs is 1. The zero-order valence-corrected chi connectivity index (χ0v) is 13.8. The van der Waals surface area contributed by atoms with Crippen LogP contribution in [0.1, 0.15) is 35.2 Å². The van der Waals surface area contributed by atoms with Gasteiger partial charge in [-0.1, -0.05) is 54.1 Å². The van der Waals surface area contributed by atoms with Crippen molar-refractivity contribution in [1.29, 1.82) is 0 Å². The molecule has 22 heavy (non-hydrogen) atoms. The Morgan fingerprint density at radius 1 is 1.14 bits per heavy atom. The van der Waals surface area contributed by atoms with Crippen LogP contribution in [0, 0.1) is 6.92 Å². The van der Waals surface area contributed by atoms with Gasteiger partial charge in [-0.25, -0.2) is 8.42 Å². The predicted octanol–water partition coefficient (Wildman–Crippen LogP) is 3.29. The van der Waals surface area contributed by atoms with Gasteiger partial charge in [0.15, 0.2) is 0 Å². The average Bonchev–Trinajstić information content (AvgIpc) is 2.54. The average molecular weight is 315 g/mol. The summed E-state index contributed by atoms with van der Waals surface area (Å²) in [4.78, 5) is 0. The van der Waals surface area contributed by atoms with Gasteiger partial charge in [0.25, 0.3) is 0 Å². The second kappa shape index (κ2) is 5.86. The maximum atomic E-state index is 12.5. The number of aryl methyl sites for hydroxylation is 1. The first-order valence-electron chi connectivity index (χ1n) is 7.67. The van der Waals surface area contributed by atoms with Crippen molar-refractivity contribution in [1.82, 2.24) is 4.31 Å².